The normalized spacial score (nSPS) is 11.1. The Bertz CT molecular complexity index is 800. The molecule has 3 aromatic rings. The molecule has 1 aromatic carbocycles. The van der Waals surface area contributed by atoms with Crippen LogP contribution in [0.25, 0.3) is 16.7 Å². The summed E-state index contributed by atoms with van der Waals surface area (Å²) < 4.78 is 1.62. The topological polar surface area (TPSA) is 87.5 Å². The quantitative estimate of drug-likeness (QED) is 0.648. The predicted molar refractivity (Wildman–Crippen MR) is 60.3 cm³/mol. The van der Waals surface area contributed by atoms with Crippen molar-refractivity contribution in [3.63, 3.8) is 0 Å². The lowest BCUT2D eigenvalue weighted by molar-refractivity contribution is 0.0697. The van der Waals surface area contributed by atoms with E-state index in [2.05, 4.69) is 9.97 Å². The highest BCUT2D eigenvalue weighted by Crippen LogP contribution is 2.13. The Hall–Kier alpha value is -2.63. The van der Waals surface area contributed by atoms with Gasteiger partial charge in [-0.2, -0.15) is 0 Å². The number of H-pyrrole nitrogens is 1. The molecule has 6 heteroatoms. The van der Waals surface area contributed by atoms with Gasteiger partial charge < -0.3 is 10.1 Å². The van der Waals surface area contributed by atoms with Gasteiger partial charge in [-0.05, 0) is 18.2 Å². The van der Waals surface area contributed by atoms with Gasteiger partial charge in [-0.1, -0.05) is 0 Å². The molecule has 0 fully saturated rings. The fourth-order valence-electron chi connectivity index (χ4n) is 1.82. The van der Waals surface area contributed by atoms with E-state index in [1.54, 1.807) is 16.7 Å². The molecule has 0 atom stereocenters. The minimum atomic E-state index is -1.03. The van der Waals surface area contributed by atoms with Crippen LogP contribution in [-0.2, 0) is 0 Å². The predicted octanol–water partition coefficient (Wildman–Crippen LogP) is 0.874. The molecule has 6 nitrogen and oxygen atoms in total. The van der Waals surface area contributed by atoms with E-state index in [1.165, 1.54) is 18.3 Å². The number of nitrogens with zero attached hydrogens (tertiary/aromatic N) is 2. The van der Waals surface area contributed by atoms with E-state index in [0.717, 1.165) is 0 Å². The molecule has 2 aromatic heterocycles. The molecule has 0 saturated carbocycles. The first kappa shape index (κ1) is 9.59. The highest BCUT2D eigenvalue weighted by atomic mass is 16.4. The van der Waals surface area contributed by atoms with Crippen LogP contribution in [0.4, 0.5) is 0 Å². The van der Waals surface area contributed by atoms with Crippen LogP contribution in [0.1, 0.15) is 10.4 Å². The van der Waals surface area contributed by atoms with Crippen LogP contribution >= 0.6 is 0 Å². The maximum Gasteiger partial charge on any atom is 0.335 e. The highest BCUT2D eigenvalue weighted by molar-refractivity contribution is 5.92. The number of carbonyl (C=O) groups is 1. The summed E-state index contributed by atoms with van der Waals surface area (Å²) in [6.07, 6.45) is 3.18. The standard InChI is InChI=1S/C11H7N3O3/c15-10-9-12-3-4-14(9)8-2-1-6(11(16)17)5-7(8)13-10/h1-5H,(H,13,15)(H,16,17). The van der Waals surface area contributed by atoms with Crippen molar-refractivity contribution >= 4 is 22.6 Å². The number of nitrogens with one attached hydrogen (secondary N) is 1. The molecule has 0 radical (unpaired) electrons. The third-order valence-electron chi connectivity index (χ3n) is 2.60. The van der Waals surface area contributed by atoms with Gasteiger partial charge >= 0.3 is 5.97 Å². The van der Waals surface area contributed by atoms with Gasteiger partial charge in [-0.3, -0.25) is 9.20 Å². The van der Waals surface area contributed by atoms with Gasteiger partial charge in [-0.15, -0.1) is 0 Å². The van der Waals surface area contributed by atoms with Crippen molar-refractivity contribution in [3.8, 4) is 0 Å². The number of aromatic carboxylic acids is 1. The number of imidazole rings is 1. The molecule has 0 saturated heterocycles. The molecular formula is C11H7N3O3. The number of benzene rings is 1. The molecule has 0 aliphatic rings. The van der Waals surface area contributed by atoms with Gasteiger partial charge in [0.15, 0.2) is 0 Å². The van der Waals surface area contributed by atoms with Crippen molar-refractivity contribution in [2.24, 2.45) is 0 Å². The van der Waals surface area contributed by atoms with E-state index >= 15 is 0 Å². The van der Waals surface area contributed by atoms with Crippen molar-refractivity contribution in [1.82, 2.24) is 14.4 Å². The third-order valence-corrected chi connectivity index (χ3v) is 2.60. The molecule has 84 valence electrons. The van der Waals surface area contributed by atoms with Gasteiger partial charge in [0.05, 0.1) is 16.6 Å². The first-order valence-corrected chi connectivity index (χ1v) is 4.89. The van der Waals surface area contributed by atoms with Crippen LogP contribution in [0.2, 0.25) is 0 Å². The first-order chi connectivity index (χ1) is 8.16. The lowest BCUT2D eigenvalue weighted by atomic mass is 10.2. The smallest absolute Gasteiger partial charge is 0.335 e. The summed E-state index contributed by atoms with van der Waals surface area (Å²) in [7, 11) is 0. The number of carboxylic acids is 1. The number of hydrogen-bond donors (Lipinski definition) is 2. The van der Waals surface area contributed by atoms with Gasteiger partial charge in [-0.25, -0.2) is 9.78 Å². The fourth-order valence-corrected chi connectivity index (χ4v) is 1.82. The molecule has 17 heavy (non-hydrogen) atoms. The van der Waals surface area contributed by atoms with E-state index in [1.807, 2.05) is 0 Å². The molecule has 0 aliphatic carbocycles. The molecule has 2 N–H and O–H groups in total. The van der Waals surface area contributed by atoms with E-state index < -0.39 is 5.97 Å². The minimum absolute atomic E-state index is 0.132. The summed E-state index contributed by atoms with van der Waals surface area (Å²) in [5, 5.41) is 8.88. The molecule has 0 bridgehead atoms. The van der Waals surface area contributed by atoms with Gasteiger partial charge in [0.2, 0.25) is 5.65 Å². The second-order valence-corrected chi connectivity index (χ2v) is 3.61. The Balaban J connectivity index is 2.50. The van der Waals surface area contributed by atoms with Crippen LogP contribution in [0.5, 0.6) is 0 Å². The fraction of sp³-hybridized carbons (Fsp3) is 0. The number of aromatic amines is 1. The molecule has 0 aliphatic heterocycles. The monoisotopic (exact) mass is 229 g/mol. The summed E-state index contributed by atoms with van der Waals surface area (Å²) in [5.41, 5.74) is 1.26. The number of aromatic nitrogens is 3. The molecule has 0 spiro atoms. The SMILES string of the molecule is O=C(O)c1ccc2c(c1)[nH]c(=O)c1nccn12. The number of fused-ring (bicyclic) bond motifs is 3. The third kappa shape index (κ3) is 1.31. The molecule has 0 unspecified atom stereocenters. The lowest BCUT2D eigenvalue weighted by Crippen LogP contribution is -2.11. The Labute approximate surface area is 94.2 Å². The zero-order chi connectivity index (χ0) is 12.0. The van der Waals surface area contributed by atoms with Gasteiger partial charge in [0.1, 0.15) is 0 Å². The van der Waals surface area contributed by atoms with E-state index in [-0.39, 0.29) is 11.1 Å². The van der Waals surface area contributed by atoms with Crippen LogP contribution in [0, 0.1) is 0 Å². The van der Waals surface area contributed by atoms with E-state index in [9.17, 15) is 9.59 Å². The molecule has 0 amide bonds. The summed E-state index contributed by atoms with van der Waals surface area (Å²) in [4.78, 5) is 29.0. The largest absolute Gasteiger partial charge is 0.478 e. The maximum atomic E-state index is 11.6. The summed E-state index contributed by atoms with van der Waals surface area (Å²) in [5.74, 6) is -1.03. The van der Waals surface area contributed by atoms with Crippen LogP contribution in [0.15, 0.2) is 35.4 Å². The Morgan fingerprint density at radius 3 is 3.00 bits per heavy atom. The van der Waals surface area contributed by atoms with Crippen LogP contribution in [-0.4, -0.2) is 25.4 Å². The lowest BCUT2D eigenvalue weighted by Gasteiger charge is -2.02. The second kappa shape index (κ2) is 3.18. The van der Waals surface area contributed by atoms with Crippen molar-refractivity contribution in [2.45, 2.75) is 0 Å². The highest BCUT2D eigenvalue weighted by Gasteiger charge is 2.08. The minimum Gasteiger partial charge on any atom is -0.478 e. The van der Waals surface area contributed by atoms with E-state index in [4.69, 9.17) is 5.11 Å². The zero-order valence-corrected chi connectivity index (χ0v) is 8.54. The van der Waals surface area contributed by atoms with Crippen molar-refractivity contribution in [3.05, 3.63) is 46.5 Å². The Kier molecular flexibility index (Phi) is 1.79. The van der Waals surface area contributed by atoms with Crippen LogP contribution in [0.3, 0.4) is 0 Å². The second-order valence-electron chi connectivity index (χ2n) is 3.61. The number of rotatable bonds is 1. The average molecular weight is 229 g/mol. The molecule has 2 heterocycles. The Morgan fingerprint density at radius 2 is 2.24 bits per heavy atom. The summed E-state index contributed by atoms with van der Waals surface area (Å²) in [6.45, 7) is 0. The Morgan fingerprint density at radius 1 is 1.41 bits per heavy atom. The molecule has 3 rings (SSSR count). The van der Waals surface area contributed by atoms with Crippen LogP contribution < -0.4 is 5.56 Å². The van der Waals surface area contributed by atoms with E-state index in [0.29, 0.717) is 16.7 Å². The average Bonchev–Trinajstić information content (AvgIpc) is 2.78. The number of carboxylic acid groups (broad SMARTS) is 1. The summed E-state index contributed by atoms with van der Waals surface area (Å²) in [6, 6.07) is 4.56. The van der Waals surface area contributed by atoms with Crippen molar-refractivity contribution in [2.75, 3.05) is 0 Å². The van der Waals surface area contributed by atoms with Crippen molar-refractivity contribution in [1.29, 1.82) is 0 Å². The summed E-state index contributed by atoms with van der Waals surface area (Å²) >= 11 is 0. The zero-order valence-electron chi connectivity index (χ0n) is 8.54. The van der Waals surface area contributed by atoms with Crippen molar-refractivity contribution < 1.29 is 9.90 Å². The van der Waals surface area contributed by atoms with Gasteiger partial charge in [0, 0.05) is 12.4 Å². The number of hydrogen-bond acceptors (Lipinski definition) is 3. The first-order valence-electron chi connectivity index (χ1n) is 4.89. The molecular weight excluding hydrogens is 222 g/mol. The van der Waals surface area contributed by atoms with Gasteiger partial charge in [0.25, 0.3) is 5.56 Å². The maximum absolute atomic E-state index is 11.6.